The van der Waals surface area contributed by atoms with Crippen LogP contribution < -0.4 is 11.1 Å². The Kier molecular flexibility index (Phi) is 5.14. The summed E-state index contributed by atoms with van der Waals surface area (Å²) in [6.45, 7) is 2.13. The van der Waals surface area contributed by atoms with Gasteiger partial charge in [-0.25, -0.2) is 4.79 Å². The van der Waals surface area contributed by atoms with E-state index >= 15 is 0 Å². The molecule has 1 aromatic rings. The van der Waals surface area contributed by atoms with Gasteiger partial charge < -0.3 is 15.8 Å². The molecule has 1 aromatic carbocycles. The summed E-state index contributed by atoms with van der Waals surface area (Å²) in [7, 11) is 0. The highest BCUT2D eigenvalue weighted by Gasteiger charge is 2.13. The second-order valence-corrected chi connectivity index (χ2v) is 4.04. The van der Waals surface area contributed by atoms with Crippen LogP contribution in [0.15, 0.2) is 30.3 Å². The lowest BCUT2D eigenvalue weighted by molar-refractivity contribution is 0.106. The zero-order chi connectivity index (χ0) is 12.0. The summed E-state index contributed by atoms with van der Waals surface area (Å²) in [4.78, 5) is 11.3. The average molecular weight is 240 g/mol. The SMILES string of the molecule is C[C@H](OC(=O)NCc1ccccc1)[C@@H](N)S. The van der Waals surface area contributed by atoms with E-state index < -0.39 is 17.6 Å². The van der Waals surface area contributed by atoms with Crippen LogP contribution in [-0.4, -0.2) is 17.6 Å². The van der Waals surface area contributed by atoms with Crippen LogP contribution in [0.5, 0.6) is 0 Å². The number of nitrogens with one attached hydrogen (secondary N) is 1. The van der Waals surface area contributed by atoms with E-state index in [1.807, 2.05) is 30.3 Å². The Bertz CT molecular complexity index is 330. The first-order valence-electron chi connectivity index (χ1n) is 5.01. The number of thiol groups is 1. The molecule has 0 heterocycles. The second-order valence-electron chi connectivity index (χ2n) is 3.44. The number of benzene rings is 1. The average Bonchev–Trinajstić information content (AvgIpc) is 2.27. The Morgan fingerprint density at radius 2 is 2.12 bits per heavy atom. The van der Waals surface area contributed by atoms with Crippen molar-refractivity contribution in [3.05, 3.63) is 35.9 Å². The lowest BCUT2D eigenvalue weighted by Crippen LogP contribution is -2.35. The molecule has 0 unspecified atom stereocenters. The van der Waals surface area contributed by atoms with Crippen molar-refractivity contribution in [2.75, 3.05) is 0 Å². The molecule has 2 atom stereocenters. The monoisotopic (exact) mass is 240 g/mol. The fourth-order valence-corrected chi connectivity index (χ4v) is 1.11. The summed E-state index contributed by atoms with van der Waals surface area (Å²) in [5, 5.41) is 2.16. The van der Waals surface area contributed by atoms with E-state index in [-0.39, 0.29) is 0 Å². The van der Waals surface area contributed by atoms with Crippen LogP contribution in [0.1, 0.15) is 12.5 Å². The minimum absolute atomic E-state index is 0.417. The third kappa shape index (κ3) is 4.55. The molecule has 0 saturated carbocycles. The van der Waals surface area contributed by atoms with Crippen LogP contribution in [0.25, 0.3) is 0 Å². The molecular weight excluding hydrogens is 224 g/mol. The van der Waals surface area contributed by atoms with Gasteiger partial charge in [-0.05, 0) is 12.5 Å². The summed E-state index contributed by atoms with van der Waals surface area (Å²) >= 11 is 3.98. The number of amides is 1. The molecule has 0 fully saturated rings. The molecule has 0 aliphatic heterocycles. The topological polar surface area (TPSA) is 64.3 Å². The number of rotatable bonds is 4. The molecule has 3 N–H and O–H groups in total. The highest BCUT2D eigenvalue weighted by Crippen LogP contribution is 2.01. The summed E-state index contributed by atoms with van der Waals surface area (Å²) in [6.07, 6.45) is -0.903. The van der Waals surface area contributed by atoms with Gasteiger partial charge in [0.25, 0.3) is 0 Å². The fourth-order valence-electron chi connectivity index (χ4n) is 1.05. The van der Waals surface area contributed by atoms with Gasteiger partial charge in [-0.15, -0.1) is 0 Å². The molecule has 88 valence electrons. The van der Waals surface area contributed by atoms with E-state index in [1.54, 1.807) is 6.92 Å². The number of hydrogen-bond donors (Lipinski definition) is 3. The van der Waals surface area contributed by atoms with E-state index in [9.17, 15) is 4.79 Å². The smallest absolute Gasteiger partial charge is 0.407 e. The van der Waals surface area contributed by atoms with Crippen LogP contribution in [0.2, 0.25) is 0 Å². The molecule has 1 amide bonds. The van der Waals surface area contributed by atoms with E-state index in [0.717, 1.165) is 5.56 Å². The second kappa shape index (κ2) is 6.40. The molecule has 1 rings (SSSR count). The maximum Gasteiger partial charge on any atom is 0.407 e. The van der Waals surface area contributed by atoms with Crippen LogP contribution in [0, 0.1) is 0 Å². The number of nitrogens with two attached hydrogens (primary N) is 1. The van der Waals surface area contributed by atoms with E-state index in [4.69, 9.17) is 10.5 Å². The van der Waals surface area contributed by atoms with Crippen LogP contribution >= 0.6 is 12.6 Å². The Morgan fingerprint density at radius 3 is 2.69 bits per heavy atom. The first kappa shape index (κ1) is 12.9. The molecule has 0 aromatic heterocycles. The highest BCUT2D eigenvalue weighted by atomic mass is 32.1. The lowest BCUT2D eigenvalue weighted by Gasteiger charge is -2.16. The molecular formula is C11H16N2O2S. The molecule has 0 spiro atoms. The molecule has 0 saturated heterocycles. The number of alkyl carbamates (subject to hydrolysis) is 1. The molecule has 16 heavy (non-hydrogen) atoms. The van der Waals surface area contributed by atoms with Gasteiger partial charge in [-0.1, -0.05) is 30.3 Å². The number of carbonyl (C=O) groups excluding carboxylic acids is 1. The summed E-state index contributed by atoms with van der Waals surface area (Å²) in [6, 6.07) is 9.59. The molecule has 0 bridgehead atoms. The first-order chi connectivity index (χ1) is 7.59. The van der Waals surface area contributed by atoms with Crippen molar-refractivity contribution in [1.29, 1.82) is 0 Å². The van der Waals surface area contributed by atoms with E-state index in [1.165, 1.54) is 0 Å². The molecule has 0 aliphatic rings. The summed E-state index contributed by atoms with van der Waals surface area (Å²) < 4.78 is 4.98. The van der Waals surface area contributed by atoms with Crippen molar-refractivity contribution in [3.63, 3.8) is 0 Å². The molecule has 4 nitrogen and oxygen atoms in total. The van der Waals surface area contributed by atoms with Gasteiger partial charge in [-0.2, -0.15) is 12.6 Å². The Balaban J connectivity index is 2.31. The van der Waals surface area contributed by atoms with Gasteiger partial charge in [0.2, 0.25) is 0 Å². The highest BCUT2D eigenvalue weighted by molar-refractivity contribution is 7.80. The minimum atomic E-state index is -0.485. The summed E-state index contributed by atoms with van der Waals surface area (Å²) in [5.74, 6) is 0. The van der Waals surface area contributed by atoms with Crippen molar-refractivity contribution in [1.82, 2.24) is 5.32 Å². The largest absolute Gasteiger partial charge is 0.444 e. The normalized spacial score (nSPS) is 13.9. The fraction of sp³-hybridized carbons (Fsp3) is 0.364. The maximum atomic E-state index is 11.3. The minimum Gasteiger partial charge on any atom is -0.444 e. The van der Waals surface area contributed by atoms with Crippen LogP contribution in [-0.2, 0) is 11.3 Å². The Labute approximate surface area is 101 Å². The van der Waals surface area contributed by atoms with Gasteiger partial charge in [-0.3, -0.25) is 0 Å². The van der Waals surface area contributed by atoms with Crippen molar-refractivity contribution in [2.45, 2.75) is 24.9 Å². The van der Waals surface area contributed by atoms with Gasteiger partial charge in [0.05, 0.1) is 5.37 Å². The van der Waals surface area contributed by atoms with Crippen molar-refractivity contribution >= 4 is 18.7 Å². The van der Waals surface area contributed by atoms with E-state index in [2.05, 4.69) is 17.9 Å². The number of ether oxygens (including phenoxy) is 1. The first-order valence-corrected chi connectivity index (χ1v) is 5.53. The zero-order valence-corrected chi connectivity index (χ0v) is 9.98. The third-order valence-electron chi connectivity index (χ3n) is 2.05. The quantitative estimate of drug-likeness (QED) is 0.552. The van der Waals surface area contributed by atoms with Crippen LogP contribution in [0.4, 0.5) is 4.79 Å². The van der Waals surface area contributed by atoms with Crippen molar-refractivity contribution < 1.29 is 9.53 Å². The Hall–Kier alpha value is -1.20. The van der Waals surface area contributed by atoms with Gasteiger partial charge in [0.1, 0.15) is 6.10 Å². The lowest BCUT2D eigenvalue weighted by atomic mass is 10.2. The molecule has 5 heteroatoms. The Morgan fingerprint density at radius 1 is 1.50 bits per heavy atom. The summed E-state index contributed by atoms with van der Waals surface area (Å²) in [5.41, 5.74) is 6.47. The van der Waals surface area contributed by atoms with Gasteiger partial charge in [0, 0.05) is 6.54 Å². The van der Waals surface area contributed by atoms with Crippen molar-refractivity contribution in [2.24, 2.45) is 5.73 Å². The molecule has 0 radical (unpaired) electrons. The number of hydrogen-bond acceptors (Lipinski definition) is 4. The standard InChI is InChI=1S/C11H16N2O2S/c1-8(10(12)16)15-11(14)13-7-9-5-3-2-4-6-9/h2-6,8,10,16H,7,12H2,1H3,(H,13,14)/t8-,10-/m0/s1. The molecule has 0 aliphatic carbocycles. The number of carbonyl (C=O) groups is 1. The van der Waals surface area contributed by atoms with Gasteiger partial charge in [0.15, 0.2) is 0 Å². The van der Waals surface area contributed by atoms with Crippen LogP contribution in [0.3, 0.4) is 0 Å². The predicted octanol–water partition coefficient (Wildman–Crippen LogP) is 1.52. The van der Waals surface area contributed by atoms with E-state index in [0.29, 0.717) is 6.54 Å². The third-order valence-corrected chi connectivity index (χ3v) is 2.47. The maximum absolute atomic E-state index is 11.3. The van der Waals surface area contributed by atoms with Gasteiger partial charge >= 0.3 is 6.09 Å². The predicted molar refractivity (Wildman–Crippen MR) is 66.2 cm³/mol. The zero-order valence-electron chi connectivity index (χ0n) is 9.09. The van der Waals surface area contributed by atoms with Crippen molar-refractivity contribution in [3.8, 4) is 0 Å².